The quantitative estimate of drug-likeness (QED) is 0.870. The summed E-state index contributed by atoms with van der Waals surface area (Å²) in [5, 5.41) is 7.14. The van der Waals surface area contributed by atoms with E-state index in [9.17, 15) is 0 Å². The molecular formula is C14H19N3O. The van der Waals surface area contributed by atoms with Crippen molar-refractivity contribution in [3.8, 4) is 16.9 Å². The number of benzene rings is 1. The number of methoxy groups -OCH3 is 1. The summed E-state index contributed by atoms with van der Waals surface area (Å²) in [6, 6.07) is 7.88. The van der Waals surface area contributed by atoms with Gasteiger partial charge in [-0.25, -0.2) is 0 Å². The molecule has 1 aromatic heterocycles. The van der Waals surface area contributed by atoms with Gasteiger partial charge in [0.1, 0.15) is 5.75 Å². The first-order valence-corrected chi connectivity index (χ1v) is 6.09. The van der Waals surface area contributed by atoms with Crippen molar-refractivity contribution < 1.29 is 4.74 Å². The van der Waals surface area contributed by atoms with Crippen LogP contribution in [-0.2, 0) is 6.42 Å². The number of hydrogen-bond acceptors (Lipinski definition) is 3. The number of nitrogen functional groups attached to an aromatic ring is 1. The summed E-state index contributed by atoms with van der Waals surface area (Å²) in [6.07, 6.45) is 0.927. The number of nitrogens with zero attached hydrogens (tertiary/aromatic N) is 1. The van der Waals surface area contributed by atoms with E-state index >= 15 is 0 Å². The Morgan fingerprint density at radius 3 is 2.83 bits per heavy atom. The van der Waals surface area contributed by atoms with E-state index in [1.165, 1.54) is 0 Å². The summed E-state index contributed by atoms with van der Waals surface area (Å²) in [7, 11) is 1.66. The van der Waals surface area contributed by atoms with Crippen molar-refractivity contribution in [1.82, 2.24) is 10.2 Å². The van der Waals surface area contributed by atoms with Crippen molar-refractivity contribution in [3.63, 3.8) is 0 Å². The maximum atomic E-state index is 5.96. The van der Waals surface area contributed by atoms with E-state index in [4.69, 9.17) is 10.5 Å². The molecule has 0 saturated heterocycles. The average molecular weight is 245 g/mol. The van der Waals surface area contributed by atoms with Crippen molar-refractivity contribution in [2.24, 2.45) is 5.92 Å². The van der Waals surface area contributed by atoms with Crippen LogP contribution in [0.2, 0.25) is 0 Å². The molecule has 4 heteroatoms. The van der Waals surface area contributed by atoms with E-state index in [0.717, 1.165) is 29.0 Å². The van der Waals surface area contributed by atoms with Crippen molar-refractivity contribution >= 4 is 5.82 Å². The van der Waals surface area contributed by atoms with Gasteiger partial charge in [0.2, 0.25) is 0 Å². The Morgan fingerprint density at radius 1 is 1.39 bits per heavy atom. The number of hydrogen-bond donors (Lipinski definition) is 2. The Morgan fingerprint density at radius 2 is 2.17 bits per heavy atom. The molecule has 0 radical (unpaired) electrons. The molecule has 1 aromatic carbocycles. The third-order valence-corrected chi connectivity index (χ3v) is 2.84. The van der Waals surface area contributed by atoms with Crippen molar-refractivity contribution in [1.29, 1.82) is 0 Å². The van der Waals surface area contributed by atoms with Gasteiger partial charge in [-0.3, -0.25) is 5.10 Å². The summed E-state index contributed by atoms with van der Waals surface area (Å²) in [5.41, 5.74) is 9.06. The molecule has 1 heterocycles. The molecular weight excluding hydrogens is 226 g/mol. The molecule has 0 amide bonds. The van der Waals surface area contributed by atoms with Gasteiger partial charge in [0.25, 0.3) is 0 Å². The molecule has 2 rings (SSSR count). The molecule has 96 valence electrons. The Labute approximate surface area is 107 Å². The van der Waals surface area contributed by atoms with Crippen LogP contribution in [0, 0.1) is 5.92 Å². The summed E-state index contributed by atoms with van der Waals surface area (Å²) >= 11 is 0. The maximum Gasteiger partial charge on any atom is 0.153 e. The van der Waals surface area contributed by atoms with Crippen LogP contribution in [0.25, 0.3) is 11.1 Å². The number of aromatic nitrogens is 2. The van der Waals surface area contributed by atoms with Gasteiger partial charge in [-0.05, 0) is 30.0 Å². The minimum absolute atomic E-state index is 0.541. The number of aromatic amines is 1. The Kier molecular flexibility index (Phi) is 3.55. The van der Waals surface area contributed by atoms with E-state index in [1.54, 1.807) is 7.11 Å². The molecule has 0 aliphatic rings. The highest BCUT2D eigenvalue weighted by Gasteiger charge is 2.14. The third-order valence-electron chi connectivity index (χ3n) is 2.84. The Balaban J connectivity index is 2.45. The number of anilines is 1. The van der Waals surface area contributed by atoms with Crippen LogP contribution in [-0.4, -0.2) is 17.3 Å². The minimum atomic E-state index is 0.541. The lowest BCUT2D eigenvalue weighted by Crippen LogP contribution is -1.97. The summed E-state index contributed by atoms with van der Waals surface area (Å²) < 4.78 is 5.24. The lowest BCUT2D eigenvalue weighted by atomic mass is 9.99. The average Bonchev–Trinajstić information content (AvgIpc) is 2.70. The molecule has 0 aliphatic heterocycles. The highest BCUT2D eigenvalue weighted by atomic mass is 16.5. The van der Waals surface area contributed by atoms with Crippen LogP contribution in [0.15, 0.2) is 24.3 Å². The van der Waals surface area contributed by atoms with E-state index in [0.29, 0.717) is 11.7 Å². The van der Waals surface area contributed by atoms with E-state index in [-0.39, 0.29) is 0 Å². The molecule has 4 nitrogen and oxygen atoms in total. The minimum Gasteiger partial charge on any atom is -0.497 e. The monoisotopic (exact) mass is 245 g/mol. The normalized spacial score (nSPS) is 10.9. The van der Waals surface area contributed by atoms with Crippen LogP contribution in [0.1, 0.15) is 19.5 Å². The number of nitrogens with two attached hydrogens (primary N) is 1. The second-order valence-corrected chi connectivity index (χ2v) is 4.79. The maximum absolute atomic E-state index is 5.96. The smallest absolute Gasteiger partial charge is 0.153 e. The lowest BCUT2D eigenvalue weighted by molar-refractivity contribution is 0.415. The zero-order valence-corrected chi connectivity index (χ0v) is 11.0. The van der Waals surface area contributed by atoms with Crippen molar-refractivity contribution in [2.75, 3.05) is 12.8 Å². The Hall–Kier alpha value is -1.97. The first-order chi connectivity index (χ1) is 8.61. The van der Waals surface area contributed by atoms with E-state index in [1.807, 2.05) is 24.3 Å². The Bertz CT molecular complexity index is 532. The fraction of sp³-hybridized carbons (Fsp3) is 0.357. The largest absolute Gasteiger partial charge is 0.497 e. The van der Waals surface area contributed by atoms with Crippen LogP contribution < -0.4 is 10.5 Å². The predicted molar refractivity (Wildman–Crippen MR) is 73.5 cm³/mol. The summed E-state index contributed by atoms with van der Waals surface area (Å²) in [4.78, 5) is 0. The van der Waals surface area contributed by atoms with E-state index in [2.05, 4.69) is 24.0 Å². The highest BCUT2D eigenvalue weighted by molar-refractivity contribution is 5.77. The second kappa shape index (κ2) is 5.12. The van der Waals surface area contributed by atoms with Gasteiger partial charge in [0.05, 0.1) is 7.11 Å². The molecule has 0 fully saturated rings. The summed E-state index contributed by atoms with van der Waals surface area (Å²) in [5.74, 6) is 1.91. The zero-order valence-electron chi connectivity index (χ0n) is 11.0. The SMILES string of the molecule is COc1cccc(-c2c(N)n[nH]c2CC(C)C)c1. The van der Waals surface area contributed by atoms with Gasteiger partial charge >= 0.3 is 0 Å². The van der Waals surface area contributed by atoms with Crippen LogP contribution in [0.3, 0.4) is 0 Å². The second-order valence-electron chi connectivity index (χ2n) is 4.79. The van der Waals surface area contributed by atoms with Gasteiger partial charge in [0, 0.05) is 11.3 Å². The van der Waals surface area contributed by atoms with Gasteiger partial charge in [-0.15, -0.1) is 0 Å². The van der Waals surface area contributed by atoms with Crippen LogP contribution in [0.5, 0.6) is 5.75 Å². The molecule has 0 aliphatic carbocycles. The topological polar surface area (TPSA) is 63.9 Å². The predicted octanol–water partition coefficient (Wildman–Crippen LogP) is 2.87. The molecule has 2 aromatic rings. The fourth-order valence-electron chi connectivity index (χ4n) is 2.05. The van der Waals surface area contributed by atoms with Crippen LogP contribution in [0.4, 0.5) is 5.82 Å². The zero-order chi connectivity index (χ0) is 13.1. The fourth-order valence-corrected chi connectivity index (χ4v) is 2.05. The molecule has 0 spiro atoms. The van der Waals surface area contributed by atoms with Crippen molar-refractivity contribution in [2.45, 2.75) is 20.3 Å². The number of H-pyrrole nitrogens is 1. The van der Waals surface area contributed by atoms with Crippen molar-refractivity contribution in [3.05, 3.63) is 30.0 Å². The molecule has 18 heavy (non-hydrogen) atoms. The number of nitrogens with one attached hydrogen (secondary N) is 1. The first-order valence-electron chi connectivity index (χ1n) is 6.09. The molecule has 0 unspecified atom stereocenters. The standard InChI is InChI=1S/C14H19N3O/c1-9(2)7-12-13(14(15)17-16-12)10-5-4-6-11(8-10)18-3/h4-6,8-9H,7H2,1-3H3,(H3,15,16,17). The highest BCUT2D eigenvalue weighted by Crippen LogP contribution is 2.31. The molecule has 3 N–H and O–H groups in total. The third kappa shape index (κ3) is 2.47. The first kappa shape index (κ1) is 12.5. The van der Waals surface area contributed by atoms with Gasteiger partial charge in [-0.1, -0.05) is 26.0 Å². The van der Waals surface area contributed by atoms with Gasteiger partial charge in [-0.2, -0.15) is 5.10 Å². The van der Waals surface area contributed by atoms with Gasteiger partial charge in [0.15, 0.2) is 5.82 Å². The molecule has 0 bridgehead atoms. The molecule has 0 saturated carbocycles. The molecule has 0 atom stereocenters. The number of ether oxygens (including phenoxy) is 1. The van der Waals surface area contributed by atoms with E-state index < -0.39 is 0 Å². The van der Waals surface area contributed by atoms with Gasteiger partial charge < -0.3 is 10.5 Å². The number of rotatable bonds is 4. The van der Waals surface area contributed by atoms with Crippen LogP contribution >= 0.6 is 0 Å². The summed E-state index contributed by atoms with van der Waals surface area (Å²) in [6.45, 7) is 4.35. The lowest BCUT2D eigenvalue weighted by Gasteiger charge is -2.08.